The predicted molar refractivity (Wildman–Crippen MR) is 83.2 cm³/mol. The van der Waals surface area contributed by atoms with Gasteiger partial charge < -0.3 is 11.1 Å². The van der Waals surface area contributed by atoms with Gasteiger partial charge in [0.15, 0.2) is 0 Å². The minimum atomic E-state index is -0.428. The second-order valence-electron chi connectivity index (χ2n) is 6.38. The second-order valence-corrected chi connectivity index (χ2v) is 6.38. The Balaban J connectivity index is 2.04. The summed E-state index contributed by atoms with van der Waals surface area (Å²) in [4.78, 5) is 11.5. The molecule has 21 heavy (non-hydrogen) atoms. The summed E-state index contributed by atoms with van der Waals surface area (Å²) < 4.78 is 2.00. The zero-order valence-electron chi connectivity index (χ0n) is 12.6. The Bertz CT molecular complexity index is 668. The van der Waals surface area contributed by atoms with Crippen molar-refractivity contribution in [1.29, 1.82) is 0 Å². The molecule has 3 N–H and O–H groups in total. The molecule has 1 fully saturated rings. The molecule has 1 saturated heterocycles. The number of aromatic nitrogens is 2. The number of primary amides is 1. The fraction of sp³-hybridized carbons (Fsp3) is 0.500. The van der Waals surface area contributed by atoms with E-state index in [-0.39, 0.29) is 5.54 Å². The molecule has 1 aromatic carbocycles. The van der Waals surface area contributed by atoms with Crippen LogP contribution in [0.2, 0.25) is 0 Å². The number of benzene rings is 1. The molecule has 0 spiro atoms. The number of piperidine rings is 1. The third-order valence-corrected chi connectivity index (χ3v) is 4.69. The molecule has 3 rings (SSSR count). The van der Waals surface area contributed by atoms with Crippen LogP contribution in [-0.4, -0.2) is 28.8 Å². The Morgan fingerprint density at radius 3 is 2.95 bits per heavy atom. The summed E-state index contributed by atoms with van der Waals surface area (Å²) in [5, 5.41) is 9.09. The van der Waals surface area contributed by atoms with Crippen LogP contribution in [0.1, 0.15) is 37.0 Å². The van der Waals surface area contributed by atoms with Gasteiger partial charge in [0.25, 0.3) is 5.91 Å². The van der Waals surface area contributed by atoms with Crippen molar-refractivity contribution < 1.29 is 4.79 Å². The van der Waals surface area contributed by atoms with Crippen LogP contribution in [0.25, 0.3) is 10.9 Å². The van der Waals surface area contributed by atoms with Crippen molar-refractivity contribution >= 4 is 16.8 Å². The van der Waals surface area contributed by atoms with Gasteiger partial charge in [-0.1, -0.05) is 12.1 Å². The molecule has 0 aliphatic carbocycles. The number of amides is 1. The lowest BCUT2D eigenvalue weighted by Gasteiger charge is -2.37. The van der Waals surface area contributed by atoms with E-state index in [0.717, 1.165) is 18.5 Å². The number of nitrogens with one attached hydrogen (secondary N) is 1. The lowest BCUT2D eigenvalue weighted by molar-refractivity contribution is 0.100. The maximum Gasteiger partial charge on any atom is 0.250 e. The van der Waals surface area contributed by atoms with Gasteiger partial charge in [-0.15, -0.1) is 0 Å². The predicted octanol–water partition coefficient (Wildman–Crippen LogP) is 1.87. The zero-order chi connectivity index (χ0) is 15.0. The molecule has 112 valence electrons. The first-order chi connectivity index (χ1) is 10.00. The van der Waals surface area contributed by atoms with E-state index >= 15 is 0 Å². The number of nitrogens with two attached hydrogens (primary N) is 1. The normalized spacial score (nSPS) is 19.8. The van der Waals surface area contributed by atoms with Crippen molar-refractivity contribution in [3.05, 3.63) is 30.0 Å². The quantitative estimate of drug-likeness (QED) is 0.904. The van der Waals surface area contributed by atoms with Crippen molar-refractivity contribution in [2.24, 2.45) is 11.7 Å². The van der Waals surface area contributed by atoms with Gasteiger partial charge in [-0.05, 0) is 45.2 Å². The smallest absolute Gasteiger partial charge is 0.250 e. The molecule has 0 radical (unpaired) electrons. The van der Waals surface area contributed by atoms with Gasteiger partial charge in [-0.3, -0.25) is 9.48 Å². The standard InChI is InChI=1S/C16H22N4O/c1-16(2,12-6-4-8-18-9-12)20-10-11-5-3-7-13(15(17)21)14(11)19-20/h3,5,7,10,12,18H,4,6,8-9H2,1-2H3,(H2,17,21). The Morgan fingerprint density at radius 1 is 1.48 bits per heavy atom. The van der Waals surface area contributed by atoms with E-state index in [1.165, 1.54) is 12.8 Å². The minimum Gasteiger partial charge on any atom is -0.366 e. The third-order valence-electron chi connectivity index (χ3n) is 4.69. The van der Waals surface area contributed by atoms with E-state index in [2.05, 4.69) is 24.3 Å². The molecule has 1 aliphatic heterocycles. The molecule has 0 saturated carbocycles. The monoisotopic (exact) mass is 286 g/mol. The fourth-order valence-corrected chi connectivity index (χ4v) is 3.18. The number of carbonyl (C=O) groups is 1. The van der Waals surface area contributed by atoms with Crippen LogP contribution in [0.15, 0.2) is 24.4 Å². The van der Waals surface area contributed by atoms with Crippen LogP contribution in [0.3, 0.4) is 0 Å². The SMILES string of the molecule is CC(C)(C1CCCNC1)n1cc2cccc(C(N)=O)c2n1. The molecule has 5 nitrogen and oxygen atoms in total. The first-order valence-electron chi connectivity index (χ1n) is 7.49. The summed E-state index contributed by atoms with van der Waals surface area (Å²) >= 11 is 0. The van der Waals surface area contributed by atoms with Crippen molar-refractivity contribution in [3.8, 4) is 0 Å². The molecule has 1 aliphatic rings. The molecular formula is C16H22N4O. The van der Waals surface area contributed by atoms with Gasteiger partial charge in [0.1, 0.15) is 5.52 Å². The third kappa shape index (κ3) is 2.42. The van der Waals surface area contributed by atoms with E-state index < -0.39 is 5.91 Å². The molecule has 5 heteroatoms. The number of fused-ring (bicyclic) bond motifs is 1. The molecule has 1 aromatic heterocycles. The van der Waals surface area contributed by atoms with E-state index in [4.69, 9.17) is 5.73 Å². The molecule has 0 bridgehead atoms. The Labute approximate surface area is 124 Å². The highest BCUT2D eigenvalue weighted by molar-refractivity contribution is 6.04. The highest BCUT2D eigenvalue weighted by Gasteiger charge is 2.33. The lowest BCUT2D eigenvalue weighted by atomic mass is 9.82. The van der Waals surface area contributed by atoms with Crippen molar-refractivity contribution in [2.45, 2.75) is 32.2 Å². The lowest BCUT2D eigenvalue weighted by Crippen LogP contribution is -2.44. The van der Waals surface area contributed by atoms with Gasteiger partial charge in [0.05, 0.1) is 11.1 Å². The van der Waals surface area contributed by atoms with Gasteiger partial charge >= 0.3 is 0 Å². The summed E-state index contributed by atoms with van der Waals surface area (Å²) in [6, 6.07) is 5.56. The van der Waals surface area contributed by atoms with Crippen molar-refractivity contribution in [2.75, 3.05) is 13.1 Å². The number of carbonyl (C=O) groups excluding carboxylic acids is 1. The van der Waals surface area contributed by atoms with Crippen molar-refractivity contribution in [1.82, 2.24) is 15.1 Å². The van der Waals surface area contributed by atoms with Crippen LogP contribution in [0, 0.1) is 5.92 Å². The topological polar surface area (TPSA) is 72.9 Å². The minimum absolute atomic E-state index is 0.0959. The summed E-state index contributed by atoms with van der Waals surface area (Å²) in [5.74, 6) is 0.0978. The number of hydrogen-bond donors (Lipinski definition) is 2. The average Bonchev–Trinajstić information content (AvgIpc) is 2.92. The summed E-state index contributed by atoms with van der Waals surface area (Å²) in [7, 11) is 0. The van der Waals surface area contributed by atoms with Crippen LogP contribution in [0.4, 0.5) is 0 Å². The molecule has 1 unspecified atom stereocenters. The maximum absolute atomic E-state index is 11.5. The molecule has 2 aromatic rings. The van der Waals surface area contributed by atoms with Crippen LogP contribution in [0.5, 0.6) is 0 Å². The first-order valence-corrected chi connectivity index (χ1v) is 7.49. The Kier molecular flexibility index (Phi) is 3.45. The Hall–Kier alpha value is -1.88. The highest BCUT2D eigenvalue weighted by atomic mass is 16.1. The number of nitrogens with zero attached hydrogens (tertiary/aromatic N) is 2. The van der Waals surface area contributed by atoms with E-state index in [0.29, 0.717) is 17.0 Å². The summed E-state index contributed by atoms with van der Waals surface area (Å²) in [6.07, 6.45) is 4.41. The zero-order valence-corrected chi connectivity index (χ0v) is 12.6. The van der Waals surface area contributed by atoms with Gasteiger partial charge in [0.2, 0.25) is 0 Å². The maximum atomic E-state index is 11.5. The molecule has 2 heterocycles. The van der Waals surface area contributed by atoms with Gasteiger partial charge in [0, 0.05) is 18.1 Å². The summed E-state index contributed by atoms with van der Waals surface area (Å²) in [6.45, 7) is 6.52. The number of hydrogen-bond acceptors (Lipinski definition) is 3. The molecule has 1 atom stereocenters. The first kappa shape index (κ1) is 14.1. The van der Waals surface area contributed by atoms with E-state index in [1.807, 2.05) is 23.0 Å². The van der Waals surface area contributed by atoms with E-state index in [9.17, 15) is 4.79 Å². The van der Waals surface area contributed by atoms with Gasteiger partial charge in [-0.25, -0.2) is 0 Å². The average molecular weight is 286 g/mol. The van der Waals surface area contributed by atoms with Gasteiger partial charge in [-0.2, -0.15) is 5.10 Å². The van der Waals surface area contributed by atoms with Crippen molar-refractivity contribution in [3.63, 3.8) is 0 Å². The molecule has 1 amide bonds. The molecular weight excluding hydrogens is 264 g/mol. The largest absolute Gasteiger partial charge is 0.366 e. The van der Waals surface area contributed by atoms with Crippen LogP contribution >= 0.6 is 0 Å². The van der Waals surface area contributed by atoms with Crippen LogP contribution in [-0.2, 0) is 5.54 Å². The fourth-order valence-electron chi connectivity index (χ4n) is 3.18. The summed E-state index contributed by atoms with van der Waals surface area (Å²) in [5.41, 5.74) is 6.53. The second kappa shape index (κ2) is 5.15. The van der Waals surface area contributed by atoms with E-state index in [1.54, 1.807) is 6.07 Å². The number of rotatable bonds is 3. The van der Waals surface area contributed by atoms with Crippen LogP contribution < -0.4 is 11.1 Å². The highest BCUT2D eigenvalue weighted by Crippen LogP contribution is 2.31. The Morgan fingerprint density at radius 2 is 2.29 bits per heavy atom.